The molecule has 6 nitrogen and oxygen atoms in total. The standard InChI is InChI=1S/C12H8NO5P/c14-7-1-3-9-11(5-7)18-12-6-8(19(15,16)17)2-4-10(12)13-9/h1-6H,(H2,15,16,17). The Morgan fingerprint density at radius 1 is 1.11 bits per heavy atom. The summed E-state index contributed by atoms with van der Waals surface area (Å²) in [6.45, 7) is 0. The van der Waals surface area contributed by atoms with Gasteiger partial charge in [0.25, 0.3) is 0 Å². The van der Waals surface area contributed by atoms with E-state index in [2.05, 4.69) is 4.98 Å². The van der Waals surface area contributed by atoms with E-state index < -0.39 is 7.60 Å². The maximum absolute atomic E-state index is 11.2. The van der Waals surface area contributed by atoms with Crippen LogP contribution < -0.4 is 10.7 Å². The van der Waals surface area contributed by atoms with Gasteiger partial charge in [-0.3, -0.25) is 9.36 Å². The number of rotatable bonds is 1. The second-order valence-electron chi connectivity index (χ2n) is 4.04. The quantitative estimate of drug-likeness (QED) is 0.510. The smallest absolute Gasteiger partial charge is 0.356 e. The van der Waals surface area contributed by atoms with E-state index in [1.165, 1.54) is 36.4 Å². The fraction of sp³-hybridized carbons (Fsp3) is 0. The van der Waals surface area contributed by atoms with Crippen LogP contribution in [-0.2, 0) is 4.57 Å². The number of nitrogens with zero attached hydrogens (tertiary/aromatic N) is 1. The highest BCUT2D eigenvalue weighted by molar-refractivity contribution is 7.60. The van der Waals surface area contributed by atoms with Crippen molar-refractivity contribution in [3.8, 4) is 11.5 Å². The number of fused-ring (bicyclic) bond motifs is 2. The van der Waals surface area contributed by atoms with Crippen LogP contribution in [0.4, 0.5) is 0 Å². The fourth-order valence-electron chi connectivity index (χ4n) is 1.77. The van der Waals surface area contributed by atoms with Crippen molar-refractivity contribution in [2.75, 3.05) is 0 Å². The van der Waals surface area contributed by atoms with E-state index in [1.807, 2.05) is 0 Å². The van der Waals surface area contributed by atoms with Gasteiger partial charge in [0.05, 0.1) is 5.30 Å². The van der Waals surface area contributed by atoms with Crippen molar-refractivity contribution in [3.05, 3.63) is 46.6 Å². The van der Waals surface area contributed by atoms with E-state index in [0.29, 0.717) is 11.2 Å². The summed E-state index contributed by atoms with van der Waals surface area (Å²) in [5, 5.41) is -0.150. The Morgan fingerprint density at radius 2 is 1.89 bits per heavy atom. The molecule has 0 fully saturated rings. The van der Waals surface area contributed by atoms with Gasteiger partial charge in [0.2, 0.25) is 0 Å². The lowest BCUT2D eigenvalue weighted by Crippen LogP contribution is -2.04. The summed E-state index contributed by atoms with van der Waals surface area (Å²) in [6.07, 6.45) is 0. The Labute approximate surface area is 106 Å². The molecule has 0 amide bonds. The molecule has 1 aromatic rings. The molecule has 0 unspecified atom stereocenters. The van der Waals surface area contributed by atoms with Crippen molar-refractivity contribution in [2.24, 2.45) is 0 Å². The summed E-state index contributed by atoms with van der Waals surface area (Å²) in [5.41, 5.74) is 0.974. The number of benzene rings is 2. The van der Waals surface area contributed by atoms with Gasteiger partial charge in [-0.15, -0.1) is 0 Å². The average molecular weight is 277 g/mol. The molecule has 0 saturated heterocycles. The molecule has 19 heavy (non-hydrogen) atoms. The van der Waals surface area contributed by atoms with Crippen molar-refractivity contribution in [1.82, 2.24) is 4.98 Å². The molecular formula is C12H8NO5P. The van der Waals surface area contributed by atoms with E-state index in [0.717, 1.165) is 0 Å². The number of hydrogen-bond donors (Lipinski definition) is 2. The first-order valence-electron chi connectivity index (χ1n) is 5.34. The van der Waals surface area contributed by atoms with E-state index >= 15 is 0 Å². The molecule has 1 heterocycles. The summed E-state index contributed by atoms with van der Waals surface area (Å²) in [6, 6.07) is 8.21. The summed E-state index contributed by atoms with van der Waals surface area (Å²) in [7, 11) is -4.34. The minimum Gasteiger partial charge on any atom is -0.453 e. The first-order valence-corrected chi connectivity index (χ1v) is 6.95. The highest BCUT2D eigenvalue weighted by Crippen LogP contribution is 2.34. The molecule has 0 saturated carbocycles. The third-order valence-corrected chi connectivity index (χ3v) is 3.62. The second kappa shape index (κ2) is 3.99. The van der Waals surface area contributed by atoms with E-state index in [-0.39, 0.29) is 22.1 Å². The largest absolute Gasteiger partial charge is 0.453 e. The van der Waals surface area contributed by atoms with Crippen LogP contribution in [0.15, 0.2) is 45.6 Å². The molecule has 1 aliphatic carbocycles. The van der Waals surface area contributed by atoms with Crippen molar-refractivity contribution in [3.63, 3.8) is 0 Å². The lowest BCUT2D eigenvalue weighted by atomic mass is 10.2. The van der Waals surface area contributed by atoms with E-state index in [1.54, 1.807) is 0 Å². The Bertz CT molecular complexity index is 850. The van der Waals surface area contributed by atoms with E-state index in [9.17, 15) is 9.36 Å². The van der Waals surface area contributed by atoms with Gasteiger partial charge in [0, 0.05) is 6.07 Å². The third-order valence-electron chi connectivity index (χ3n) is 2.67. The Morgan fingerprint density at radius 3 is 2.63 bits per heavy atom. The molecule has 1 aliphatic heterocycles. The zero-order chi connectivity index (χ0) is 13.6. The molecule has 2 N–H and O–H groups in total. The summed E-state index contributed by atoms with van der Waals surface area (Å²) < 4.78 is 16.6. The lowest BCUT2D eigenvalue weighted by molar-refractivity contribution is 0.387. The summed E-state index contributed by atoms with van der Waals surface area (Å²) in [5.74, 6) is 0.280. The zero-order valence-corrected chi connectivity index (χ0v) is 10.4. The Kier molecular flexibility index (Phi) is 2.53. The van der Waals surface area contributed by atoms with Gasteiger partial charge < -0.3 is 14.2 Å². The zero-order valence-electron chi connectivity index (χ0n) is 9.48. The van der Waals surface area contributed by atoms with Crippen molar-refractivity contribution in [2.45, 2.75) is 0 Å². The van der Waals surface area contributed by atoms with Crippen LogP contribution in [0.5, 0.6) is 0 Å². The molecule has 7 heteroatoms. The third kappa shape index (κ3) is 2.17. The molecule has 3 rings (SSSR count). The Hall–Kier alpha value is -2.01. The predicted octanol–water partition coefficient (Wildman–Crippen LogP) is 1.10. The van der Waals surface area contributed by atoms with Crippen molar-refractivity contribution in [1.29, 1.82) is 0 Å². The highest BCUT2D eigenvalue weighted by atomic mass is 31.2. The van der Waals surface area contributed by atoms with Crippen molar-refractivity contribution < 1.29 is 18.8 Å². The average Bonchev–Trinajstić information content (AvgIpc) is 2.34. The SMILES string of the molecule is O=c1ccc2nc3ccc(P(=O)(O)O)cc3oc-2c1. The maximum atomic E-state index is 11.2. The minimum absolute atomic E-state index is 0.150. The van der Waals surface area contributed by atoms with Gasteiger partial charge in [-0.2, -0.15) is 0 Å². The number of hydrogen-bond acceptors (Lipinski definition) is 4. The van der Waals surface area contributed by atoms with Crippen LogP contribution in [0.25, 0.3) is 22.6 Å². The predicted molar refractivity (Wildman–Crippen MR) is 68.6 cm³/mol. The van der Waals surface area contributed by atoms with Crippen molar-refractivity contribution >= 4 is 24.0 Å². The molecule has 96 valence electrons. The lowest BCUT2D eigenvalue weighted by Gasteiger charge is -2.07. The minimum atomic E-state index is -4.34. The molecule has 0 radical (unpaired) electrons. The summed E-state index contributed by atoms with van der Waals surface area (Å²) in [4.78, 5) is 33.7. The van der Waals surface area contributed by atoms with Gasteiger partial charge >= 0.3 is 7.60 Å². The van der Waals surface area contributed by atoms with E-state index in [4.69, 9.17) is 14.2 Å². The topological polar surface area (TPSA) is 101 Å². The highest BCUT2D eigenvalue weighted by Gasteiger charge is 2.18. The molecule has 1 aromatic carbocycles. The van der Waals surface area contributed by atoms with Crippen LogP contribution in [0.2, 0.25) is 0 Å². The molecule has 2 aliphatic rings. The monoisotopic (exact) mass is 277 g/mol. The molecular weight excluding hydrogens is 269 g/mol. The van der Waals surface area contributed by atoms with Crippen LogP contribution in [0.1, 0.15) is 0 Å². The van der Waals surface area contributed by atoms with Crippen LogP contribution in [0.3, 0.4) is 0 Å². The van der Waals surface area contributed by atoms with Gasteiger partial charge in [0.1, 0.15) is 11.2 Å². The first-order chi connectivity index (χ1) is 8.93. The van der Waals surface area contributed by atoms with Gasteiger partial charge in [0.15, 0.2) is 16.8 Å². The second-order valence-corrected chi connectivity index (χ2v) is 5.64. The fourth-order valence-corrected chi connectivity index (χ4v) is 2.33. The summed E-state index contributed by atoms with van der Waals surface area (Å²) >= 11 is 0. The molecule has 0 bridgehead atoms. The Balaban J connectivity index is 2.35. The first kappa shape index (κ1) is 12.0. The molecule has 0 aromatic heterocycles. The number of aromatic nitrogens is 1. The maximum Gasteiger partial charge on any atom is 0.356 e. The van der Waals surface area contributed by atoms with Crippen LogP contribution >= 0.6 is 7.60 Å². The normalized spacial score (nSPS) is 12.1. The van der Waals surface area contributed by atoms with Gasteiger partial charge in [-0.25, -0.2) is 4.98 Å². The molecule has 0 spiro atoms. The van der Waals surface area contributed by atoms with Gasteiger partial charge in [-0.05, 0) is 30.3 Å². The van der Waals surface area contributed by atoms with Crippen LogP contribution in [0, 0.1) is 0 Å². The molecule has 0 atom stereocenters. The van der Waals surface area contributed by atoms with Crippen LogP contribution in [-0.4, -0.2) is 14.8 Å². The van der Waals surface area contributed by atoms with Gasteiger partial charge in [-0.1, -0.05) is 0 Å².